The molecule has 0 radical (unpaired) electrons. The first-order valence-corrected chi connectivity index (χ1v) is 7.10. The Bertz CT molecular complexity index is 670. The van der Waals surface area contributed by atoms with Crippen LogP contribution in [-0.4, -0.2) is 40.9 Å². The smallest absolute Gasteiger partial charge is 0.273 e. The Morgan fingerprint density at radius 2 is 1.55 bits per heavy atom. The van der Waals surface area contributed by atoms with Gasteiger partial charge in [-0.1, -0.05) is 0 Å². The lowest BCUT2D eigenvalue weighted by atomic mass is 10.3. The molecule has 0 bridgehead atoms. The van der Waals surface area contributed by atoms with Crippen molar-refractivity contribution in [3.05, 3.63) is 36.4 Å². The van der Waals surface area contributed by atoms with Crippen molar-refractivity contribution >= 4 is 10.0 Å². The highest BCUT2D eigenvalue weighted by Gasteiger charge is 2.23. The summed E-state index contributed by atoms with van der Waals surface area (Å²) in [5.41, 5.74) is 0. The van der Waals surface area contributed by atoms with Gasteiger partial charge < -0.3 is 20.1 Å². The molecule has 1 aromatic heterocycles. The molecule has 0 saturated heterocycles. The summed E-state index contributed by atoms with van der Waals surface area (Å²) in [5.74, 6) is -0.759. The van der Waals surface area contributed by atoms with Gasteiger partial charge in [-0.3, -0.25) is 0 Å². The van der Waals surface area contributed by atoms with E-state index in [0.29, 0.717) is 9.72 Å². The first kappa shape index (κ1) is 14.2. The van der Waals surface area contributed by atoms with E-state index in [1.807, 2.05) is 0 Å². The molecule has 108 valence electrons. The predicted octanol–water partition coefficient (Wildman–Crippen LogP) is 0.507. The van der Waals surface area contributed by atoms with E-state index in [0.717, 1.165) is 12.1 Å². The Hall–Kier alpha value is -2.19. The molecular formula is C12H13NO6S. The molecule has 0 atom stereocenters. The standard InChI is InChI=1S/C12H13NO6S/c14-7-8-19-9-1-3-10(4-2-9)20(17,18)13-11(15)5-6-12(13)16/h1-6,14-16H,7-8H2. The van der Waals surface area contributed by atoms with Gasteiger partial charge in [-0.2, -0.15) is 3.97 Å². The van der Waals surface area contributed by atoms with Crippen LogP contribution in [0, 0.1) is 0 Å². The van der Waals surface area contributed by atoms with Gasteiger partial charge in [0.1, 0.15) is 12.4 Å². The van der Waals surface area contributed by atoms with Crippen molar-refractivity contribution in [2.45, 2.75) is 4.90 Å². The minimum atomic E-state index is -4.08. The quantitative estimate of drug-likeness (QED) is 0.742. The zero-order valence-electron chi connectivity index (χ0n) is 10.3. The number of hydrogen-bond acceptors (Lipinski definition) is 6. The molecule has 0 aliphatic heterocycles. The predicted molar refractivity (Wildman–Crippen MR) is 69.4 cm³/mol. The van der Waals surface area contributed by atoms with Crippen molar-refractivity contribution in [2.75, 3.05) is 13.2 Å². The van der Waals surface area contributed by atoms with E-state index in [9.17, 15) is 18.6 Å². The monoisotopic (exact) mass is 299 g/mol. The van der Waals surface area contributed by atoms with Crippen molar-refractivity contribution in [2.24, 2.45) is 0 Å². The third-order valence-electron chi connectivity index (χ3n) is 2.52. The van der Waals surface area contributed by atoms with Crippen LogP contribution in [0.1, 0.15) is 0 Å². The minimum absolute atomic E-state index is 0.102. The molecule has 1 aromatic carbocycles. The summed E-state index contributed by atoms with van der Waals surface area (Å²) >= 11 is 0. The van der Waals surface area contributed by atoms with Gasteiger partial charge in [-0.05, 0) is 24.3 Å². The Morgan fingerprint density at radius 1 is 1.00 bits per heavy atom. The molecule has 0 aliphatic rings. The molecule has 0 saturated carbocycles. The van der Waals surface area contributed by atoms with Crippen LogP contribution >= 0.6 is 0 Å². The number of nitrogens with zero attached hydrogens (tertiary/aromatic N) is 1. The lowest BCUT2D eigenvalue weighted by molar-refractivity contribution is 0.201. The van der Waals surface area contributed by atoms with Crippen LogP contribution in [0.4, 0.5) is 0 Å². The van der Waals surface area contributed by atoms with Crippen LogP contribution in [0.5, 0.6) is 17.5 Å². The first-order chi connectivity index (χ1) is 9.46. The van der Waals surface area contributed by atoms with E-state index in [4.69, 9.17) is 9.84 Å². The summed E-state index contributed by atoms with van der Waals surface area (Å²) < 4.78 is 30.0. The van der Waals surface area contributed by atoms with E-state index < -0.39 is 21.8 Å². The summed E-state index contributed by atoms with van der Waals surface area (Å²) in [7, 11) is -4.08. The average molecular weight is 299 g/mol. The Kier molecular flexibility index (Phi) is 3.86. The Labute approximate surface area is 115 Å². The summed E-state index contributed by atoms with van der Waals surface area (Å²) in [5, 5.41) is 27.6. The molecule has 2 aromatic rings. The largest absolute Gasteiger partial charge is 0.494 e. The van der Waals surface area contributed by atoms with Gasteiger partial charge in [0.15, 0.2) is 0 Å². The molecule has 3 N–H and O–H groups in total. The normalized spacial score (nSPS) is 11.4. The number of aromatic nitrogens is 1. The zero-order chi connectivity index (χ0) is 14.8. The fourth-order valence-corrected chi connectivity index (χ4v) is 2.93. The second-order valence-electron chi connectivity index (χ2n) is 3.86. The molecule has 8 heteroatoms. The molecule has 1 heterocycles. The number of benzene rings is 1. The molecule has 0 amide bonds. The maximum Gasteiger partial charge on any atom is 0.273 e. The van der Waals surface area contributed by atoms with E-state index in [1.165, 1.54) is 24.3 Å². The molecule has 0 spiro atoms. The fraction of sp³-hybridized carbons (Fsp3) is 0.167. The van der Waals surface area contributed by atoms with E-state index in [1.54, 1.807) is 0 Å². The van der Waals surface area contributed by atoms with Crippen molar-refractivity contribution in [1.29, 1.82) is 0 Å². The lowest BCUT2D eigenvalue weighted by Crippen LogP contribution is -2.12. The van der Waals surface area contributed by atoms with Crippen LogP contribution in [0.2, 0.25) is 0 Å². The third-order valence-corrected chi connectivity index (χ3v) is 4.24. The van der Waals surface area contributed by atoms with Gasteiger partial charge in [0.05, 0.1) is 11.5 Å². The SMILES string of the molecule is O=S(=O)(c1ccc(OCCO)cc1)n1c(O)ccc1O. The van der Waals surface area contributed by atoms with Gasteiger partial charge in [-0.25, -0.2) is 8.42 Å². The highest BCUT2D eigenvalue weighted by atomic mass is 32.2. The molecule has 2 rings (SSSR count). The first-order valence-electron chi connectivity index (χ1n) is 5.66. The van der Waals surface area contributed by atoms with Gasteiger partial charge in [-0.15, -0.1) is 0 Å². The van der Waals surface area contributed by atoms with Gasteiger partial charge >= 0.3 is 0 Å². The Balaban J connectivity index is 2.36. The Morgan fingerprint density at radius 3 is 2.05 bits per heavy atom. The van der Waals surface area contributed by atoms with E-state index >= 15 is 0 Å². The third kappa shape index (κ3) is 2.56. The lowest BCUT2D eigenvalue weighted by Gasteiger charge is -2.09. The van der Waals surface area contributed by atoms with Crippen molar-refractivity contribution in [1.82, 2.24) is 3.97 Å². The number of aliphatic hydroxyl groups is 1. The molecule has 7 nitrogen and oxygen atoms in total. The van der Waals surface area contributed by atoms with Gasteiger partial charge in [0, 0.05) is 12.1 Å². The fourth-order valence-electron chi connectivity index (χ4n) is 1.62. The van der Waals surface area contributed by atoms with Crippen LogP contribution in [0.3, 0.4) is 0 Å². The van der Waals surface area contributed by atoms with Gasteiger partial charge in [0.25, 0.3) is 10.0 Å². The summed E-state index contributed by atoms with van der Waals surface area (Å²) in [4.78, 5) is -0.115. The molecule has 0 aliphatic carbocycles. The number of hydrogen-bond donors (Lipinski definition) is 3. The number of rotatable bonds is 5. The highest BCUT2D eigenvalue weighted by molar-refractivity contribution is 7.90. The number of ether oxygens (including phenoxy) is 1. The van der Waals surface area contributed by atoms with E-state index in [2.05, 4.69) is 0 Å². The van der Waals surface area contributed by atoms with E-state index in [-0.39, 0.29) is 18.1 Å². The van der Waals surface area contributed by atoms with Crippen molar-refractivity contribution < 1.29 is 28.5 Å². The summed E-state index contributed by atoms with van der Waals surface area (Å²) in [6, 6.07) is 7.54. The maximum absolute atomic E-state index is 12.2. The van der Waals surface area contributed by atoms with Crippen LogP contribution in [0.25, 0.3) is 0 Å². The molecular weight excluding hydrogens is 286 g/mol. The number of aromatic hydroxyl groups is 2. The van der Waals surface area contributed by atoms with Crippen LogP contribution in [0.15, 0.2) is 41.3 Å². The minimum Gasteiger partial charge on any atom is -0.494 e. The molecule has 0 fully saturated rings. The van der Waals surface area contributed by atoms with Crippen molar-refractivity contribution in [3.8, 4) is 17.5 Å². The zero-order valence-corrected chi connectivity index (χ0v) is 11.1. The van der Waals surface area contributed by atoms with Crippen LogP contribution < -0.4 is 4.74 Å². The molecule has 0 unspecified atom stereocenters. The topological polar surface area (TPSA) is 109 Å². The van der Waals surface area contributed by atoms with Gasteiger partial charge in [0.2, 0.25) is 11.8 Å². The van der Waals surface area contributed by atoms with Crippen LogP contribution in [-0.2, 0) is 10.0 Å². The number of aliphatic hydroxyl groups excluding tert-OH is 1. The van der Waals surface area contributed by atoms with Crippen molar-refractivity contribution in [3.63, 3.8) is 0 Å². The maximum atomic E-state index is 12.2. The molecule has 20 heavy (non-hydrogen) atoms. The summed E-state index contributed by atoms with van der Waals surface area (Å²) in [6.45, 7) is -0.0452. The highest BCUT2D eigenvalue weighted by Crippen LogP contribution is 2.28. The second-order valence-corrected chi connectivity index (χ2v) is 5.65. The summed E-state index contributed by atoms with van der Waals surface area (Å²) in [6.07, 6.45) is 0. The second kappa shape index (κ2) is 5.43. The average Bonchev–Trinajstić information content (AvgIpc) is 2.77.